The number of rotatable bonds is 9. The van der Waals surface area contributed by atoms with Gasteiger partial charge in [-0.1, -0.05) is 0 Å². The van der Waals surface area contributed by atoms with Crippen molar-refractivity contribution in [3.05, 3.63) is 24.3 Å². The van der Waals surface area contributed by atoms with Crippen molar-refractivity contribution in [1.82, 2.24) is 4.72 Å². The minimum absolute atomic E-state index is 0.121. The Bertz CT molecular complexity index is 512. The molecular weight excluding hydrogens is 288 g/mol. The van der Waals surface area contributed by atoms with E-state index in [2.05, 4.69) is 9.62 Å². The average Bonchev–Trinajstić information content (AvgIpc) is 2.42. The summed E-state index contributed by atoms with van der Waals surface area (Å²) in [6.07, 6.45) is 2.82. The van der Waals surface area contributed by atoms with Gasteiger partial charge in [-0.05, 0) is 57.4 Å². The molecule has 0 aliphatic rings. The molecule has 0 atom stereocenters. The topological polar surface area (TPSA) is 69.6 Å². The first kappa shape index (κ1) is 17.9. The van der Waals surface area contributed by atoms with Crippen LogP contribution in [0, 0.1) is 0 Å². The molecule has 120 valence electrons. The lowest BCUT2D eigenvalue weighted by molar-refractivity contribution is 0.283. The Balaban J connectivity index is 2.65. The van der Waals surface area contributed by atoms with Crippen LogP contribution in [-0.2, 0) is 10.0 Å². The summed E-state index contributed by atoms with van der Waals surface area (Å²) in [6, 6.07) is 6.78. The van der Waals surface area contributed by atoms with Crippen LogP contribution in [0.25, 0.3) is 0 Å². The van der Waals surface area contributed by atoms with Gasteiger partial charge in [-0.3, -0.25) is 0 Å². The van der Waals surface area contributed by atoms with Gasteiger partial charge in [0.1, 0.15) is 0 Å². The minimum Gasteiger partial charge on any atom is -0.396 e. The number of benzene rings is 1. The summed E-state index contributed by atoms with van der Waals surface area (Å²) in [5.41, 5.74) is 0.988. The number of aliphatic hydroxyl groups excluding tert-OH is 1. The second kappa shape index (κ2) is 8.36. The summed E-state index contributed by atoms with van der Waals surface area (Å²) < 4.78 is 26.6. The molecule has 0 aliphatic heterocycles. The summed E-state index contributed by atoms with van der Waals surface area (Å²) >= 11 is 0. The summed E-state index contributed by atoms with van der Waals surface area (Å²) in [6.45, 7) is 4.72. The van der Waals surface area contributed by atoms with Crippen molar-refractivity contribution in [2.75, 3.05) is 25.1 Å². The SMILES string of the molecule is CC(C)NS(=O)(=O)c1ccc(N(C)CCCCCO)cc1. The molecule has 0 amide bonds. The highest BCUT2D eigenvalue weighted by atomic mass is 32.2. The molecule has 21 heavy (non-hydrogen) atoms. The number of nitrogens with zero attached hydrogens (tertiary/aromatic N) is 1. The summed E-state index contributed by atoms with van der Waals surface area (Å²) in [5.74, 6) is 0. The second-order valence-corrected chi connectivity index (χ2v) is 7.19. The predicted octanol–water partition coefficient (Wildman–Crippen LogP) is 1.97. The van der Waals surface area contributed by atoms with Crippen LogP contribution in [0.5, 0.6) is 0 Å². The van der Waals surface area contributed by atoms with Crippen LogP contribution >= 0.6 is 0 Å². The fraction of sp³-hybridized carbons (Fsp3) is 0.600. The Labute approximate surface area is 128 Å². The second-order valence-electron chi connectivity index (χ2n) is 5.48. The van der Waals surface area contributed by atoms with Gasteiger partial charge >= 0.3 is 0 Å². The highest BCUT2D eigenvalue weighted by Crippen LogP contribution is 2.17. The molecule has 6 heteroatoms. The first-order valence-corrected chi connectivity index (χ1v) is 8.79. The lowest BCUT2D eigenvalue weighted by Gasteiger charge is -2.19. The Kier molecular flexibility index (Phi) is 7.14. The van der Waals surface area contributed by atoms with Gasteiger partial charge in [0.2, 0.25) is 10.0 Å². The van der Waals surface area contributed by atoms with Crippen molar-refractivity contribution in [1.29, 1.82) is 0 Å². The zero-order valence-electron chi connectivity index (χ0n) is 13.0. The van der Waals surface area contributed by atoms with Gasteiger partial charge in [0, 0.05) is 31.9 Å². The van der Waals surface area contributed by atoms with E-state index < -0.39 is 10.0 Å². The van der Waals surface area contributed by atoms with Crippen molar-refractivity contribution < 1.29 is 13.5 Å². The van der Waals surface area contributed by atoms with Gasteiger partial charge in [0.15, 0.2) is 0 Å². The van der Waals surface area contributed by atoms with E-state index in [1.54, 1.807) is 26.0 Å². The third-order valence-electron chi connectivity index (χ3n) is 3.13. The standard InChI is InChI=1S/C15H26N2O3S/c1-13(2)16-21(19,20)15-9-7-14(8-10-15)17(3)11-5-4-6-12-18/h7-10,13,16,18H,4-6,11-12H2,1-3H3. The molecule has 0 bridgehead atoms. The van der Waals surface area contributed by atoms with E-state index in [9.17, 15) is 8.42 Å². The maximum Gasteiger partial charge on any atom is 0.240 e. The molecular formula is C15H26N2O3S. The van der Waals surface area contributed by atoms with Crippen molar-refractivity contribution in [2.45, 2.75) is 44.0 Å². The fourth-order valence-corrected chi connectivity index (χ4v) is 3.28. The lowest BCUT2D eigenvalue weighted by Crippen LogP contribution is -2.30. The van der Waals surface area contributed by atoms with Crippen molar-refractivity contribution in [3.8, 4) is 0 Å². The minimum atomic E-state index is -3.42. The van der Waals surface area contributed by atoms with Crippen LogP contribution < -0.4 is 9.62 Å². The Morgan fingerprint density at radius 1 is 1.14 bits per heavy atom. The van der Waals surface area contributed by atoms with Crippen LogP contribution in [0.15, 0.2) is 29.2 Å². The van der Waals surface area contributed by atoms with Gasteiger partial charge in [-0.25, -0.2) is 13.1 Å². The highest BCUT2D eigenvalue weighted by molar-refractivity contribution is 7.89. The van der Waals surface area contributed by atoms with E-state index in [1.165, 1.54) is 0 Å². The van der Waals surface area contributed by atoms with Crippen molar-refractivity contribution >= 4 is 15.7 Å². The maximum atomic E-state index is 12.0. The van der Waals surface area contributed by atoms with Gasteiger partial charge in [-0.2, -0.15) is 0 Å². The molecule has 5 nitrogen and oxygen atoms in total. The number of aliphatic hydroxyl groups is 1. The number of sulfonamides is 1. The quantitative estimate of drug-likeness (QED) is 0.684. The lowest BCUT2D eigenvalue weighted by atomic mass is 10.2. The maximum absolute atomic E-state index is 12.0. The van der Waals surface area contributed by atoms with Gasteiger partial charge in [0.25, 0.3) is 0 Å². The Hall–Kier alpha value is -1.11. The third-order valence-corrected chi connectivity index (χ3v) is 4.80. The molecule has 0 heterocycles. The van der Waals surface area contributed by atoms with E-state index in [-0.39, 0.29) is 17.5 Å². The molecule has 1 aromatic rings. The van der Waals surface area contributed by atoms with E-state index >= 15 is 0 Å². The van der Waals surface area contributed by atoms with Gasteiger partial charge < -0.3 is 10.0 Å². The number of unbranched alkanes of at least 4 members (excludes halogenated alkanes) is 2. The van der Waals surface area contributed by atoms with Gasteiger partial charge in [-0.15, -0.1) is 0 Å². The zero-order valence-corrected chi connectivity index (χ0v) is 13.9. The zero-order chi connectivity index (χ0) is 15.9. The molecule has 1 rings (SSSR count). The molecule has 2 N–H and O–H groups in total. The largest absolute Gasteiger partial charge is 0.396 e. The number of anilines is 1. The smallest absolute Gasteiger partial charge is 0.240 e. The molecule has 0 aromatic heterocycles. The molecule has 0 aliphatic carbocycles. The summed E-state index contributed by atoms with van der Waals surface area (Å²) in [5, 5.41) is 8.74. The molecule has 0 radical (unpaired) electrons. The van der Waals surface area contributed by atoms with Crippen LogP contribution in [0.2, 0.25) is 0 Å². The predicted molar refractivity (Wildman–Crippen MR) is 86.1 cm³/mol. The van der Waals surface area contributed by atoms with Crippen LogP contribution in [-0.4, -0.2) is 39.8 Å². The summed E-state index contributed by atoms with van der Waals surface area (Å²) in [4.78, 5) is 2.37. The third kappa shape index (κ3) is 6.03. The Morgan fingerprint density at radius 3 is 2.29 bits per heavy atom. The number of nitrogens with one attached hydrogen (secondary N) is 1. The molecule has 0 fully saturated rings. The van der Waals surface area contributed by atoms with E-state index in [4.69, 9.17) is 5.11 Å². The van der Waals surface area contributed by atoms with Crippen molar-refractivity contribution in [3.63, 3.8) is 0 Å². The van der Waals surface area contributed by atoms with Crippen LogP contribution in [0.1, 0.15) is 33.1 Å². The van der Waals surface area contributed by atoms with E-state index in [0.717, 1.165) is 31.5 Å². The molecule has 0 saturated heterocycles. The van der Waals surface area contributed by atoms with E-state index in [1.807, 2.05) is 19.2 Å². The fourth-order valence-electron chi connectivity index (χ4n) is 2.02. The monoisotopic (exact) mass is 314 g/mol. The molecule has 0 saturated carbocycles. The van der Waals surface area contributed by atoms with Crippen LogP contribution in [0.3, 0.4) is 0 Å². The van der Waals surface area contributed by atoms with Gasteiger partial charge in [0.05, 0.1) is 4.90 Å². The summed E-state index contributed by atoms with van der Waals surface area (Å²) in [7, 11) is -1.44. The number of hydrogen-bond acceptors (Lipinski definition) is 4. The van der Waals surface area contributed by atoms with Crippen molar-refractivity contribution in [2.24, 2.45) is 0 Å². The highest BCUT2D eigenvalue weighted by Gasteiger charge is 2.15. The molecule has 0 unspecified atom stereocenters. The number of hydrogen-bond donors (Lipinski definition) is 2. The first-order chi connectivity index (χ1) is 9.86. The Morgan fingerprint density at radius 2 is 1.76 bits per heavy atom. The molecule has 0 spiro atoms. The van der Waals surface area contributed by atoms with Crippen LogP contribution in [0.4, 0.5) is 5.69 Å². The average molecular weight is 314 g/mol. The van der Waals surface area contributed by atoms with E-state index in [0.29, 0.717) is 0 Å². The normalized spacial score (nSPS) is 11.9. The first-order valence-electron chi connectivity index (χ1n) is 7.31. The molecule has 1 aromatic carbocycles.